The average molecular weight is 427 g/mol. The van der Waals surface area contributed by atoms with Crippen LogP contribution in [0.3, 0.4) is 0 Å². The van der Waals surface area contributed by atoms with E-state index >= 15 is 0 Å². The van der Waals surface area contributed by atoms with Gasteiger partial charge in [0.2, 0.25) is 5.91 Å². The van der Waals surface area contributed by atoms with Gasteiger partial charge in [0.05, 0.1) is 16.5 Å². The molecular formula is C22H19ClN2O3S. The Bertz CT molecular complexity index is 1010. The number of anilines is 1. The van der Waals surface area contributed by atoms with Crippen molar-refractivity contribution in [3.05, 3.63) is 77.8 Å². The van der Waals surface area contributed by atoms with Gasteiger partial charge in [0, 0.05) is 4.90 Å². The maximum atomic E-state index is 12.3. The van der Waals surface area contributed by atoms with Crippen molar-refractivity contribution >= 4 is 40.9 Å². The van der Waals surface area contributed by atoms with Gasteiger partial charge in [-0.05, 0) is 35.4 Å². The second-order valence-electron chi connectivity index (χ2n) is 6.10. The van der Waals surface area contributed by atoms with E-state index < -0.39 is 5.91 Å². The van der Waals surface area contributed by atoms with E-state index in [0.717, 1.165) is 16.0 Å². The van der Waals surface area contributed by atoms with Crippen LogP contribution in [0.1, 0.15) is 0 Å². The number of hydrogen-bond donors (Lipinski definition) is 2. The van der Waals surface area contributed by atoms with Gasteiger partial charge in [0.25, 0.3) is 5.91 Å². The van der Waals surface area contributed by atoms with E-state index in [2.05, 4.69) is 5.32 Å². The smallest absolute Gasteiger partial charge is 0.262 e. The Hall–Kier alpha value is -2.96. The van der Waals surface area contributed by atoms with Crippen LogP contribution in [0.2, 0.25) is 5.02 Å². The molecule has 0 saturated heterocycles. The second kappa shape index (κ2) is 10.0. The van der Waals surface area contributed by atoms with E-state index in [1.807, 2.05) is 48.5 Å². The number of benzene rings is 3. The molecule has 3 N–H and O–H groups in total. The van der Waals surface area contributed by atoms with Crippen LogP contribution in [0, 0.1) is 0 Å². The average Bonchev–Trinajstić information content (AvgIpc) is 2.73. The lowest BCUT2D eigenvalue weighted by atomic mass is 10.1. The summed E-state index contributed by atoms with van der Waals surface area (Å²) < 4.78 is 5.57. The molecule has 2 amide bonds. The lowest BCUT2D eigenvalue weighted by molar-refractivity contribution is -0.118. The Morgan fingerprint density at radius 2 is 1.69 bits per heavy atom. The van der Waals surface area contributed by atoms with E-state index in [-0.39, 0.29) is 18.3 Å². The lowest BCUT2D eigenvalue weighted by Crippen LogP contribution is -2.20. The molecule has 0 saturated carbocycles. The highest BCUT2D eigenvalue weighted by Gasteiger charge is 2.11. The summed E-state index contributed by atoms with van der Waals surface area (Å²) in [7, 11) is 0. The van der Waals surface area contributed by atoms with Crippen LogP contribution >= 0.6 is 23.4 Å². The van der Waals surface area contributed by atoms with Crippen LogP contribution in [0.5, 0.6) is 5.75 Å². The Kier molecular flexibility index (Phi) is 7.16. The normalized spacial score (nSPS) is 10.4. The first-order valence-corrected chi connectivity index (χ1v) is 10.2. The summed E-state index contributed by atoms with van der Waals surface area (Å²) in [6.45, 7) is -0.195. The fourth-order valence-electron chi connectivity index (χ4n) is 2.60. The number of primary amides is 1. The first-order valence-electron chi connectivity index (χ1n) is 8.80. The molecular weight excluding hydrogens is 408 g/mol. The molecule has 0 heterocycles. The summed E-state index contributed by atoms with van der Waals surface area (Å²) in [5.74, 6) is -0.196. The van der Waals surface area contributed by atoms with Crippen LogP contribution in [0.15, 0.2) is 77.7 Å². The number of nitrogens with one attached hydrogen (secondary N) is 1. The Morgan fingerprint density at radius 3 is 2.41 bits per heavy atom. The van der Waals surface area contributed by atoms with E-state index in [1.165, 1.54) is 11.8 Å². The van der Waals surface area contributed by atoms with Gasteiger partial charge >= 0.3 is 0 Å². The number of carbonyl (C=O) groups excluding carboxylic acids is 2. The third-order valence-corrected chi connectivity index (χ3v) is 5.32. The lowest BCUT2D eigenvalue weighted by Gasteiger charge is -2.12. The van der Waals surface area contributed by atoms with Gasteiger partial charge in [-0.25, -0.2) is 0 Å². The van der Waals surface area contributed by atoms with Crippen molar-refractivity contribution in [1.82, 2.24) is 0 Å². The molecule has 5 nitrogen and oxygen atoms in total. The fourth-order valence-corrected chi connectivity index (χ4v) is 3.58. The van der Waals surface area contributed by atoms with Gasteiger partial charge in [-0.15, -0.1) is 11.8 Å². The highest BCUT2D eigenvalue weighted by atomic mass is 35.5. The molecule has 0 unspecified atom stereocenters. The van der Waals surface area contributed by atoms with Crippen molar-refractivity contribution in [2.75, 3.05) is 17.7 Å². The minimum absolute atomic E-state index is 0.132. The molecule has 0 aliphatic heterocycles. The molecule has 0 spiro atoms. The van der Waals surface area contributed by atoms with Crippen LogP contribution in [-0.2, 0) is 9.59 Å². The molecule has 0 fully saturated rings. The molecule has 3 aromatic carbocycles. The first kappa shape index (κ1) is 20.8. The van der Waals surface area contributed by atoms with Crippen LogP contribution in [0.4, 0.5) is 5.69 Å². The third-order valence-electron chi connectivity index (χ3n) is 3.93. The molecule has 0 aliphatic rings. The largest absolute Gasteiger partial charge is 0.482 e. The predicted octanol–water partition coefficient (Wildman–Crippen LogP) is 4.60. The summed E-state index contributed by atoms with van der Waals surface area (Å²) in [4.78, 5) is 24.0. The van der Waals surface area contributed by atoms with Gasteiger partial charge in [-0.3, -0.25) is 9.59 Å². The monoisotopic (exact) mass is 426 g/mol. The van der Waals surface area contributed by atoms with Gasteiger partial charge in [-0.1, -0.05) is 60.1 Å². The van der Waals surface area contributed by atoms with Gasteiger partial charge in [-0.2, -0.15) is 0 Å². The number of halogens is 1. The Balaban J connectivity index is 1.61. The summed E-state index contributed by atoms with van der Waals surface area (Å²) in [5.41, 5.74) is 7.79. The van der Waals surface area contributed by atoms with Crippen molar-refractivity contribution in [2.45, 2.75) is 4.90 Å². The highest BCUT2D eigenvalue weighted by Crippen LogP contribution is 2.30. The van der Waals surface area contributed by atoms with Gasteiger partial charge in [0.1, 0.15) is 5.75 Å². The third kappa shape index (κ3) is 6.01. The van der Waals surface area contributed by atoms with E-state index in [9.17, 15) is 9.59 Å². The van der Waals surface area contributed by atoms with Crippen LogP contribution < -0.4 is 15.8 Å². The highest BCUT2D eigenvalue weighted by molar-refractivity contribution is 8.00. The minimum atomic E-state index is -0.423. The van der Waals surface area contributed by atoms with E-state index in [1.54, 1.807) is 24.3 Å². The van der Waals surface area contributed by atoms with Crippen LogP contribution in [-0.4, -0.2) is 24.2 Å². The number of nitrogens with two attached hydrogens (primary N) is 1. The second-order valence-corrected chi connectivity index (χ2v) is 7.52. The SMILES string of the molecule is NC(=O)CSc1ccccc1NC(=O)COc1ccc(-c2ccccc2)cc1Cl. The Morgan fingerprint density at radius 1 is 0.966 bits per heavy atom. The molecule has 3 aromatic rings. The molecule has 3 rings (SSSR count). The predicted molar refractivity (Wildman–Crippen MR) is 117 cm³/mol. The van der Waals surface area contributed by atoms with E-state index in [4.69, 9.17) is 22.1 Å². The van der Waals surface area contributed by atoms with Crippen molar-refractivity contribution < 1.29 is 14.3 Å². The number of carbonyl (C=O) groups is 2. The summed E-state index contributed by atoms with van der Waals surface area (Å²) in [5, 5.41) is 3.21. The molecule has 0 atom stereocenters. The summed E-state index contributed by atoms with van der Waals surface area (Å²) >= 11 is 7.58. The molecule has 0 radical (unpaired) electrons. The van der Waals surface area contributed by atoms with Crippen LogP contribution in [0.25, 0.3) is 11.1 Å². The molecule has 0 aliphatic carbocycles. The maximum absolute atomic E-state index is 12.3. The van der Waals surface area contributed by atoms with Crippen molar-refractivity contribution in [2.24, 2.45) is 5.73 Å². The standard InChI is InChI=1S/C22H19ClN2O3S/c23-17-12-16(15-6-2-1-3-7-15)10-11-19(17)28-13-22(27)25-18-8-4-5-9-20(18)29-14-21(24)26/h1-12H,13-14H2,(H2,24,26)(H,25,27). The summed E-state index contributed by atoms with van der Waals surface area (Å²) in [6.07, 6.45) is 0. The number of para-hydroxylation sites is 1. The molecule has 148 valence electrons. The van der Waals surface area contributed by atoms with Crippen molar-refractivity contribution in [3.8, 4) is 16.9 Å². The maximum Gasteiger partial charge on any atom is 0.262 e. The zero-order valence-electron chi connectivity index (χ0n) is 15.4. The summed E-state index contributed by atoms with van der Waals surface area (Å²) in [6, 6.07) is 22.5. The van der Waals surface area contributed by atoms with Crippen molar-refractivity contribution in [1.29, 1.82) is 0 Å². The zero-order valence-corrected chi connectivity index (χ0v) is 17.0. The number of hydrogen-bond acceptors (Lipinski definition) is 4. The van der Waals surface area contributed by atoms with Gasteiger partial charge < -0.3 is 15.8 Å². The quantitative estimate of drug-likeness (QED) is 0.515. The number of thioether (sulfide) groups is 1. The Labute approximate surface area is 178 Å². The number of ether oxygens (including phenoxy) is 1. The number of rotatable bonds is 8. The fraction of sp³-hybridized carbons (Fsp3) is 0.0909. The molecule has 7 heteroatoms. The molecule has 29 heavy (non-hydrogen) atoms. The number of amides is 2. The van der Waals surface area contributed by atoms with E-state index in [0.29, 0.717) is 16.5 Å². The zero-order chi connectivity index (χ0) is 20.6. The topological polar surface area (TPSA) is 81.4 Å². The van der Waals surface area contributed by atoms with Crippen molar-refractivity contribution in [3.63, 3.8) is 0 Å². The minimum Gasteiger partial charge on any atom is -0.482 e. The first-order chi connectivity index (χ1) is 14.0. The molecule has 0 bridgehead atoms. The molecule has 0 aromatic heterocycles. The van der Waals surface area contributed by atoms with Gasteiger partial charge in [0.15, 0.2) is 6.61 Å².